The van der Waals surface area contributed by atoms with Crippen LogP contribution in [0.4, 0.5) is 16.2 Å². The summed E-state index contributed by atoms with van der Waals surface area (Å²) < 4.78 is 10.9. The fourth-order valence-corrected chi connectivity index (χ4v) is 3.85. The molecule has 0 atom stereocenters. The molecule has 0 aromatic heterocycles. The third-order valence-electron chi connectivity index (χ3n) is 5.33. The van der Waals surface area contributed by atoms with Crippen LogP contribution in [0.5, 0.6) is 5.75 Å². The largest absolute Gasteiger partial charge is 0.467 e. The molecule has 2 aliphatic heterocycles. The quantitative estimate of drug-likeness (QED) is 0.577. The van der Waals surface area contributed by atoms with Gasteiger partial charge in [0.1, 0.15) is 5.75 Å². The summed E-state index contributed by atoms with van der Waals surface area (Å²) in [6.45, 7) is 2.59. The van der Waals surface area contributed by atoms with E-state index in [0.717, 1.165) is 37.2 Å². The Bertz CT molecular complexity index is 913. The Morgan fingerprint density at radius 3 is 2.70 bits per heavy atom. The Hall–Kier alpha value is -3.17. The van der Waals surface area contributed by atoms with Crippen LogP contribution in [-0.2, 0) is 17.9 Å². The Kier molecular flexibility index (Phi) is 6.10. The summed E-state index contributed by atoms with van der Waals surface area (Å²) in [6, 6.07) is 12.3. The third-order valence-corrected chi connectivity index (χ3v) is 5.33. The number of likely N-dealkylation sites (tertiary alicyclic amines) is 1. The molecular weight excluding hydrogens is 388 g/mol. The number of hydrogen-bond acceptors (Lipinski definition) is 6. The molecule has 158 valence electrons. The smallest absolute Gasteiger partial charge is 0.319 e. The van der Waals surface area contributed by atoms with E-state index in [9.17, 15) is 14.9 Å². The molecule has 9 nitrogen and oxygen atoms in total. The molecule has 0 radical (unpaired) electrons. The predicted molar refractivity (Wildman–Crippen MR) is 110 cm³/mol. The molecule has 2 aromatic carbocycles. The minimum atomic E-state index is -0.389. The Morgan fingerprint density at radius 1 is 1.20 bits per heavy atom. The number of amides is 2. The van der Waals surface area contributed by atoms with Crippen molar-refractivity contribution < 1.29 is 19.2 Å². The average molecular weight is 412 g/mol. The van der Waals surface area contributed by atoms with E-state index in [2.05, 4.69) is 15.5 Å². The number of carbonyl (C=O) groups is 1. The molecule has 2 amide bonds. The SMILES string of the molecule is O=C(Nc1ccccc1)NC1CCN(Cc2cc([N+](=O)[O-])cc3c2OCOC3)CC1. The van der Waals surface area contributed by atoms with Crippen LogP contribution in [0.25, 0.3) is 0 Å². The maximum absolute atomic E-state index is 12.2. The van der Waals surface area contributed by atoms with Crippen molar-refractivity contribution in [1.29, 1.82) is 0 Å². The molecule has 2 heterocycles. The normalized spacial score (nSPS) is 16.9. The van der Waals surface area contributed by atoms with Crippen LogP contribution >= 0.6 is 0 Å². The Morgan fingerprint density at radius 2 is 1.97 bits per heavy atom. The highest BCUT2D eigenvalue weighted by atomic mass is 16.7. The van der Waals surface area contributed by atoms with E-state index in [0.29, 0.717) is 24.5 Å². The van der Waals surface area contributed by atoms with Crippen molar-refractivity contribution >= 4 is 17.4 Å². The molecule has 0 unspecified atom stereocenters. The van der Waals surface area contributed by atoms with Crippen molar-refractivity contribution in [2.24, 2.45) is 0 Å². The van der Waals surface area contributed by atoms with Crippen LogP contribution in [0.2, 0.25) is 0 Å². The molecule has 30 heavy (non-hydrogen) atoms. The van der Waals surface area contributed by atoms with E-state index < -0.39 is 0 Å². The Balaban J connectivity index is 1.33. The molecule has 2 aliphatic rings. The molecule has 0 bridgehead atoms. The molecule has 1 fully saturated rings. The topological polar surface area (TPSA) is 106 Å². The van der Waals surface area contributed by atoms with Crippen LogP contribution < -0.4 is 15.4 Å². The maximum atomic E-state index is 12.2. The van der Waals surface area contributed by atoms with Crippen molar-refractivity contribution in [2.45, 2.75) is 32.0 Å². The number of benzene rings is 2. The van der Waals surface area contributed by atoms with Crippen LogP contribution in [0.15, 0.2) is 42.5 Å². The second kappa shape index (κ2) is 9.10. The minimum absolute atomic E-state index is 0.0481. The average Bonchev–Trinajstić information content (AvgIpc) is 2.75. The molecular formula is C21H24N4O5. The first-order valence-corrected chi connectivity index (χ1v) is 9.94. The summed E-state index contributed by atoms with van der Waals surface area (Å²) in [6.07, 6.45) is 1.62. The van der Waals surface area contributed by atoms with Gasteiger partial charge in [0, 0.05) is 54.6 Å². The van der Waals surface area contributed by atoms with Crippen LogP contribution in [-0.4, -0.2) is 41.8 Å². The van der Waals surface area contributed by atoms with Crippen LogP contribution in [0.1, 0.15) is 24.0 Å². The molecule has 4 rings (SSSR count). The molecule has 0 spiro atoms. The number of fused-ring (bicyclic) bond motifs is 1. The number of ether oxygens (including phenoxy) is 2. The number of para-hydroxylation sites is 1. The zero-order valence-electron chi connectivity index (χ0n) is 16.5. The fourth-order valence-electron chi connectivity index (χ4n) is 3.85. The highest BCUT2D eigenvalue weighted by Gasteiger charge is 2.25. The zero-order valence-corrected chi connectivity index (χ0v) is 16.5. The van der Waals surface area contributed by atoms with Gasteiger partial charge in [-0.15, -0.1) is 0 Å². The van der Waals surface area contributed by atoms with E-state index in [1.54, 1.807) is 6.07 Å². The van der Waals surface area contributed by atoms with Gasteiger partial charge in [0.25, 0.3) is 5.69 Å². The van der Waals surface area contributed by atoms with Crippen molar-refractivity contribution in [3.05, 3.63) is 63.7 Å². The summed E-state index contributed by atoms with van der Waals surface area (Å²) in [5.41, 5.74) is 2.31. The van der Waals surface area contributed by atoms with Gasteiger partial charge >= 0.3 is 6.03 Å². The standard InChI is InChI=1S/C21H24N4O5/c26-21(22-17-4-2-1-3-5-17)23-18-6-8-24(9-7-18)12-15-10-19(25(27)28)11-16-13-29-14-30-20(15)16/h1-5,10-11,18H,6-9,12-14H2,(H2,22,23,26). The first-order chi connectivity index (χ1) is 14.6. The zero-order chi connectivity index (χ0) is 20.9. The number of nitrogens with zero attached hydrogens (tertiary/aromatic N) is 2. The molecule has 1 saturated heterocycles. The number of urea groups is 1. The second-order valence-corrected chi connectivity index (χ2v) is 7.48. The lowest BCUT2D eigenvalue weighted by atomic mass is 10.0. The number of nitro benzene ring substituents is 1. The number of hydrogen-bond donors (Lipinski definition) is 2. The summed E-state index contributed by atoms with van der Waals surface area (Å²) in [5, 5.41) is 17.1. The highest BCUT2D eigenvalue weighted by Crippen LogP contribution is 2.33. The van der Waals surface area contributed by atoms with Gasteiger partial charge in [-0.1, -0.05) is 18.2 Å². The van der Waals surface area contributed by atoms with E-state index in [4.69, 9.17) is 9.47 Å². The van der Waals surface area contributed by atoms with Gasteiger partial charge in [-0.3, -0.25) is 15.0 Å². The first-order valence-electron chi connectivity index (χ1n) is 9.94. The number of carbonyl (C=O) groups excluding carboxylic acids is 1. The van der Waals surface area contributed by atoms with E-state index in [-0.39, 0.29) is 29.5 Å². The number of anilines is 1. The molecule has 2 N–H and O–H groups in total. The van der Waals surface area contributed by atoms with Gasteiger partial charge in [0.15, 0.2) is 6.79 Å². The first kappa shape index (κ1) is 20.1. The number of rotatable bonds is 5. The van der Waals surface area contributed by atoms with Crippen molar-refractivity contribution in [3.63, 3.8) is 0 Å². The predicted octanol–water partition coefficient (Wildman–Crippen LogP) is 3.25. The lowest BCUT2D eigenvalue weighted by molar-refractivity contribution is -0.385. The number of non-ortho nitro benzene ring substituents is 1. The van der Waals surface area contributed by atoms with Gasteiger partial charge in [-0.25, -0.2) is 4.79 Å². The van der Waals surface area contributed by atoms with Crippen LogP contribution in [0, 0.1) is 10.1 Å². The molecule has 9 heteroatoms. The monoisotopic (exact) mass is 412 g/mol. The Labute approximate surface area is 174 Å². The minimum Gasteiger partial charge on any atom is -0.467 e. The molecule has 0 saturated carbocycles. The molecule has 2 aromatic rings. The number of piperidine rings is 1. The summed E-state index contributed by atoms with van der Waals surface area (Å²) >= 11 is 0. The van der Waals surface area contributed by atoms with E-state index in [1.165, 1.54) is 6.07 Å². The lowest BCUT2D eigenvalue weighted by Gasteiger charge is -2.33. The van der Waals surface area contributed by atoms with Gasteiger partial charge in [0.05, 0.1) is 11.5 Å². The summed E-state index contributed by atoms with van der Waals surface area (Å²) in [5.74, 6) is 0.689. The van der Waals surface area contributed by atoms with Crippen molar-refractivity contribution in [3.8, 4) is 5.75 Å². The lowest BCUT2D eigenvalue weighted by Crippen LogP contribution is -2.45. The van der Waals surface area contributed by atoms with Gasteiger partial charge in [-0.05, 0) is 25.0 Å². The third kappa shape index (κ3) is 4.87. The van der Waals surface area contributed by atoms with Crippen molar-refractivity contribution in [2.75, 3.05) is 25.2 Å². The summed E-state index contributed by atoms with van der Waals surface area (Å²) in [4.78, 5) is 25.3. The van der Waals surface area contributed by atoms with Gasteiger partial charge in [0.2, 0.25) is 0 Å². The fraction of sp³-hybridized carbons (Fsp3) is 0.381. The molecule has 0 aliphatic carbocycles. The van der Waals surface area contributed by atoms with E-state index >= 15 is 0 Å². The van der Waals surface area contributed by atoms with E-state index in [1.807, 2.05) is 30.3 Å². The number of nitrogens with one attached hydrogen (secondary N) is 2. The van der Waals surface area contributed by atoms with Gasteiger partial charge < -0.3 is 20.1 Å². The maximum Gasteiger partial charge on any atom is 0.319 e. The van der Waals surface area contributed by atoms with Crippen molar-refractivity contribution in [1.82, 2.24) is 10.2 Å². The number of nitro groups is 1. The second-order valence-electron chi connectivity index (χ2n) is 7.48. The summed E-state index contributed by atoms with van der Waals surface area (Å²) in [7, 11) is 0. The van der Waals surface area contributed by atoms with Crippen LogP contribution in [0.3, 0.4) is 0 Å². The van der Waals surface area contributed by atoms with Gasteiger partial charge in [-0.2, -0.15) is 0 Å². The highest BCUT2D eigenvalue weighted by molar-refractivity contribution is 5.89.